The zero-order valence-electron chi connectivity index (χ0n) is 17.1. The second-order valence-corrected chi connectivity index (χ2v) is 7.92. The minimum atomic E-state index is 0.309. The predicted molar refractivity (Wildman–Crippen MR) is 123 cm³/mol. The molecule has 0 N–H and O–H groups in total. The van der Waals surface area contributed by atoms with E-state index in [1.54, 1.807) is 0 Å². The lowest BCUT2D eigenvalue weighted by Crippen LogP contribution is -1.99. The molecule has 1 aliphatic rings. The molecule has 0 amide bonds. The van der Waals surface area contributed by atoms with Gasteiger partial charge >= 0.3 is 0 Å². The van der Waals surface area contributed by atoms with Gasteiger partial charge in [0.05, 0.1) is 11.1 Å². The van der Waals surface area contributed by atoms with Crippen molar-refractivity contribution in [3.63, 3.8) is 0 Å². The third-order valence-corrected chi connectivity index (χ3v) is 6.10. The van der Waals surface area contributed by atoms with E-state index >= 15 is 0 Å². The molecule has 2 nitrogen and oxygen atoms in total. The van der Waals surface area contributed by atoms with E-state index in [1.807, 2.05) is 0 Å². The summed E-state index contributed by atoms with van der Waals surface area (Å²) in [6.45, 7) is 2.32. The van der Waals surface area contributed by atoms with E-state index in [0.717, 1.165) is 0 Å². The first-order valence-electron chi connectivity index (χ1n) is 10.1. The highest BCUT2D eigenvalue weighted by Gasteiger charge is 2.23. The molecule has 1 aliphatic heterocycles. The molecular formula is C27H25N2+. The molecule has 1 aromatic heterocycles. The topological polar surface area (TPSA) is 7.94 Å². The number of fused-ring (bicyclic) bond motifs is 2. The van der Waals surface area contributed by atoms with Crippen LogP contribution in [0.2, 0.25) is 0 Å². The third kappa shape index (κ3) is 2.92. The number of rotatable bonds is 3. The summed E-state index contributed by atoms with van der Waals surface area (Å²) in [5, 5.41) is 1.34. The average molecular weight is 378 g/mol. The molecule has 1 unspecified atom stereocenters. The van der Waals surface area contributed by atoms with E-state index in [0.29, 0.717) is 5.92 Å². The molecule has 142 valence electrons. The number of allylic oxidation sites excluding steroid dienone is 1. The van der Waals surface area contributed by atoms with E-state index in [-0.39, 0.29) is 0 Å². The largest absolute Gasteiger partial charge is 0.350 e. The van der Waals surface area contributed by atoms with Crippen molar-refractivity contribution < 1.29 is 4.58 Å². The zero-order chi connectivity index (χ0) is 20.0. The van der Waals surface area contributed by atoms with Gasteiger partial charge in [-0.15, -0.1) is 0 Å². The highest BCUT2D eigenvalue weighted by atomic mass is 15.0. The van der Waals surface area contributed by atoms with Crippen molar-refractivity contribution in [2.45, 2.75) is 12.8 Å². The lowest BCUT2D eigenvalue weighted by atomic mass is 9.88. The standard InChI is InChI=1S/C27H25N2/c1-19(25-18-29(3)27-15-9-7-13-24(25)27)22-11-5-4-10-20(22)16-21-17-28(2)26-14-8-6-12-23(21)26/h4-19H,1-3H3/q+1/b21-16-. The summed E-state index contributed by atoms with van der Waals surface area (Å²) in [4.78, 5) is 0. The Morgan fingerprint density at radius 1 is 0.862 bits per heavy atom. The molecule has 3 aromatic carbocycles. The van der Waals surface area contributed by atoms with Gasteiger partial charge in [-0.25, -0.2) is 4.58 Å². The summed E-state index contributed by atoms with van der Waals surface area (Å²) in [5.41, 5.74) is 9.12. The van der Waals surface area contributed by atoms with Gasteiger partial charge < -0.3 is 4.57 Å². The molecule has 0 aliphatic carbocycles. The summed E-state index contributed by atoms with van der Waals surface area (Å²) in [7, 11) is 4.25. The second-order valence-electron chi connectivity index (χ2n) is 7.92. The molecule has 4 aromatic rings. The lowest BCUT2D eigenvalue weighted by molar-refractivity contribution is -0.395. The lowest BCUT2D eigenvalue weighted by Gasteiger charge is -2.15. The number of hydrogen-bond acceptors (Lipinski definition) is 0. The summed E-state index contributed by atoms with van der Waals surface area (Å²) in [5.74, 6) is 0.309. The van der Waals surface area contributed by atoms with E-state index in [4.69, 9.17) is 0 Å². The number of nitrogens with zero attached hydrogens (tertiary/aromatic N) is 2. The van der Waals surface area contributed by atoms with Crippen molar-refractivity contribution >= 4 is 34.5 Å². The summed E-state index contributed by atoms with van der Waals surface area (Å²) < 4.78 is 4.44. The van der Waals surface area contributed by atoms with Crippen molar-refractivity contribution in [2.24, 2.45) is 7.05 Å². The number of hydrogen-bond donors (Lipinski definition) is 0. The minimum Gasteiger partial charge on any atom is -0.350 e. The van der Waals surface area contributed by atoms with Gasteiger partial charge in [0.15, 0.2) is 6.21 Å². The number of aromatic nitrogens is 1. The van der Waals surface area contributed by atoms with Gasteiger partial charge in [0.1, 0.15) is 7.05 Å². The Bertz CT molecular complexity index is 1290. The average Bonchev–Trinajstić information content (AvgIpc) is 3.26. The van der Waals surface area contributed by atoms with Crippen LogP contribution in [0.5, 0.6) is 0 Å². The van der Waals surface area contributed by atoms with Gasteiger partial charge in [-0.3, -0.25) is 0 Å². The smallest absolute Gasteiger partial charge is 0.213 e. The van der Waals surface area contributed by atoms with Crippen LogP contribution in [-0.4, -0.2) is 22.4 Å². The maximum atomic E-state index is 2.33. The summed E-state index contributed by atoms with van der Waals surface area (Å²) in [6.07, 6.45) is 6.84. The van der Waals surface area contributed by atoms with Gasteiger partial charge in [0.25, 0.3) is 0 Å². The highest BCUT2D eigenvalue weighted by molar-refractivity contribution is 6.17. The Morgan fingerprint density at radius 3 is 2.48 bits per heavy atom. The summed E-state index contributed by atoms with van der Waals surface area (Å²) >= 11 is 0. The van der Waals surface area contributed by atoms with Crippen LogP contribution in [0.1, 0.15) is 35.1 Å². The molecule has 29 heavy (non-hydrogen) atoms. The fourth-order valence-electron chi connectivity index (χ4n) is 4.58. The molecular weight excluding hydrogens is 352 g/mol. The number of aryl methyl sites for hydroxylation is 1. The Kier molecular flexibility index (Phi) is 4.21. The predicted octanol–water partition coefficient (Wildman–Crippen LogP) is 6.23. The normalized spacial score (nSPS) is 15.6. The van der Waals surface area contributed by atoms with Crippen LogP contribution in [0, 0.1) is 0 Å². The maximum absolute atomic E-state index is 2.33. The van der Waals surface area contributed by atoms with Crippen molar-refractivity contribution in [2.75, 3.05) is 7.05 Å². The first kappa shape index (κ1) is 17.7. The SMILES string of the molecule is CC(c1ccccc1/C=C1/C=[N+](C)c2ccccc21)c1cn(C)c2ccccc12. The van der Waals surface area contributed by atoms with Crippen molar-refractivity contribution in [3.05, 3.63) is 101 Å². The van der Waals surface area contributed by atoms with Crippen LogP contribution >= 0.6 is 0 Å². The molecule has 0 saturated carbocycles. The minimum absolute atomic E-state index is 0.309. The fraction of sp³-hybridized carbons (Fsp3) is 0.148. The van der Waals surface area contributed by atoms with Gasteiger partial charge in [-0.05, 0) is 34.9 Å². The Hall–Kier alpha value is -3.39. The first-order chi connectivity index (χ1) is 14.1. The Morgan fingerprint density at radius 2 is 1.59 bits per heavy atom. The number of benzene rings is 3. The van der Waals surface area contributed by atoms with Gasteiger partial charge in [0.2, 0.25) is 5.69 Å². The van der Waals surface area contributed by atoms with E-state index in [2.05, 4.69) is 121 Å². The van der Waals surface area contributed by atoms with Crippen LogP contribution in [-0.2, 0) is 7.05 Å². The van der Waals surface area contributed by atoms with E-state index in [9.17, 15) is 0 Å². The van der Waals surface area contributed by atoms with Crippen molar-refractivity contribution in [1.82, 2.24) is 4.57 Å². The van der Waals surface area contributed by atoms with E-state index in [1.165, 1.54) is 44.4 Å². The van der Waals surface area contributed by atoms with Crippen molar-refractivity contribution in [1.29, 1.82) is 0 Å². The molecule has 0 saturated heterocycles. The highest BCUT2D eigenvalue weighted by Crippen LogP contribution is 2.36. The molecule has 0 bridgehead atoms. The molecule has 2 heteroatoms. The van der Waals surface area contributed by atoms with Crippen LogP contribution in [0.4, 0.5) is 5.69 Å². The summed E-state index contributed by atoms with van der Waals surface area (Å²) in [6, 6.07) is 26.1. The molecule has 0 radical (unpaired) electrons. The number of para-hydroxylation sites is 2. The van der Waals surface area contributed by atoms with Gasteiger partial charge in [-0.2, -0.15) is 0 Å². The maximum Gasteiger partial charge on any atom is 0.213 e. The Labute approximate surface area is 172 Å². The molecule has 0 fully saturated rings. The van der Waals surface area contributed by atoms with Crippen LogP contribution in [0.15, 0.2) is 79.0 Å². The monoisotopic (exact) mass is 377 g/mol. The van der Waals surface area contributed by atoms with Crippen LogP contribution in [0.25, 0.3) is 22.6 Å². The third-order valence-electron chi connectivity index (χ3n) is 6.10. The van der Waals surface area contributed by atoms with Crippen molar-refractivity contribution in [3.8, 4) is 0 Å². The zero-order valence-corrected chi connectivity index (χ0v) is 17.1. The molecule has 2 heterocycles. The first-order valence-corrected chi connectivity index (χ1v) is 10.1. The molecule has 1 atom stereocenters. The van der Waals surface area contributed by atoms with Gasteiger partial charge in [-0.1, -0.05) is 61.5 Å². The quantitative estimate of drug-likeness (QED) is 0.374. The molecule has 5 rings (SSSR count). The van der Waals surface area contributed by atoms with E-state index < -0.39 is 0 Å². The van der Waals surface area contributed by atoms with Crippen LogP contribution < -0.4 is 0 Å². The second kappa shape index (κ2) is 6.89. The Balaban J connectivity index is 1.62. The van der Waals surface area contributed by atoms with Gasteiger partial charge in [0, 0.05) is 36.1 Å². The fourth-order valence-corrected chi connectivity index (χ4v) is 4.58. The van der Waals surface area contributed by atoms with Crippen LogP contribution in [0.3, 0.4) is 0 Å². The molecule has 0 spiro atoms.